The highest BCUT2D eigenvalue weighted by atomic mass is 79.9. The molecule has 0 bridgehead atoms. The van der Waals surface area contributed by atoms with Gasteiger partial charge in [0.15, 0.2) is 0 Å². The molecule has 0 radical (unpaired) electrons. The molecule has 2 rings (SSSR count). The van der Waals surface area contributed by atoms with Crippen molar-refractivity contribution < 1.29 is 4.39 Å². The van der Waals surface area contributed by atoms with Crippen LogP contribution in [-0.2, 0) is 6.42 Å². The van der Waals surface area contributed by atoms with Gasteiger partial charge in [-0.25, -0.2) is 4.39 Å². The molecular formula is C15H16BrClFNS. The molecule has 1 atom stereocenters. The van der Waals surface area contributed by atoms with Gasteiger partial charge in [-0.15, -0.1) is 11.3 Å². The largest absolute Gasteiger partial charge is 0.309 e. The van der Waals surface area contributed by atoms with Crippen molar-refractivity contribution in [3.05, 3.63) is 55.4 Å². The Morgan fingerprint density at radius 2 is 2.15 bits per heavy atom. The summed E-state index contributed by atoms with van der Waals surface area (Å²) in [6.07, 6.45) is 1.59. The maximum atomic E-state index is 13.9. The normalized spacial score (nSPS) is 12.6. The first-order valence-electron chi connectivity index (χ1n) is 6.53. The van der Waals surface area contributed by atoms with Crippen LogP contribution in [0.3, 0.4) is 0 Å². The van der Waals surface area contributed by atoms with Gasteiger partial charge in [0.05, 0.1) is 3.79 Å². The van der Waals surface area contributed by atoms with Gasteiger partial charge in [0, 0.05) is 21.5 Å². The molecule has 0 aliphatic rings. The highest BCUT2D eigenvalue weighted by molar-refractivity contribution is 9.11. The van der Waals surface area contributed by atoms with Gasteiger partial charge < -0.3 is 5.32 Å². The summed E-state index contributed by atoms with van der Waals surface area (Å²) in [5, 5.41) is 3.96. The van der Waals surface area contributed by atoms with Crippen LogP contribution in [0.15, 0.2) is 34.1 Å². The van der Waals surface area contributed by atoms with Gasteiger partial charge in [0.25, 0.3) is 0 Å². The lowest BCUT2D eigenvalue weighted by Gasteiger charge is -2.18. The highest BCUT2D eigenvalue weighted by Crippen LogP contribution is 2.31. The van der Waals surface area contributed by atoms with Crippen LogP contribution in [0.1, 0.15) is 29.8 Å². The molecule has 0 spiro atoms. The van der Waals surface area contributed by atoms with Crippen LogP contribution in [0.25, 0.3) is 0 Å². The minimum Gasteiger partial charge on any atom is -0.309 e. The van der Waals surface area contributed by atoms with E-state index in [9.17, 15) is 4.39 Å². The summed E-state index contributed by atoms with van der Waals surface area (Å²) in [5.41, 5.74) is 0.576. The van der Waals surface area contributed by atoms with Crippen LogP contribution in [0.2, 0.25) is 5.02 Å². The Morgan fingerprint density at radius 1 is 1.35 bits per heavy atom. The fourth-order valence-corrected chi connectivity index (χ4v) is 3.78. The highest BCUT2D eigenvalue weighted by Gasteiger charge is 2.17. The van der Waals surface area contributed by atoms with Crippen molar-refractivity contribution in [3.8, 4) is 0 Å². The third kappa shape index (κ3) is 4.04. The van der Waals surface area contributed by atoms with Crippen molar-refractivity contribution in [2.75, 3.05) is 6.54 Å². The number of hydrogen-bond acceptors (Lipinski definition) is 2. The van der Waals surface area contributed by atoms with E-state index in [1.165, 1.54) is 10.9 Å². The van der Waals surface area contributed by atoms with Crippen LogP contribution >= 0.6 is 38.9 Å². The van der Waals surface area contributed by atoms with E-state index in [0.717, 1.165) is 16.8 Å². The molecule has 1 N–H and O–H groups in total. The molecule has 1 unspecified atom stereocenters. The van der Waals surface area contributed by atoms with Crippen LogP contribution in [-0.4, -0.2) is 6.54 Å². The number of thiophene rings is 1. The van der Waals surface area contributed by atoms with Crippen molar-refractivity contribution in [2.45, 2.75) is 25.8 Å². The molecule has 5 heteroatoms. The standard InChI is InChI=1S/C15H16BrClFNS/c1-2-8-19-13(14-6-7-15(16)20-14)9-10-11(17)4-3-5-12(10)18/h3-7,13,19H,2,8-9H2,1H3. The van der Waals surface area contributed by atoms with Crippen molar-refractivity contribution in [1.82, 2.24) is 5.32 Å². The van der Waals surface area contributed by atoms with Crippen LogP contribution in [0.4, 0.5) is 4.39 Å². The summed E-state index contributed by atoms with van der Waals surface area (Å²) < 4.78 is 15.0. The van der Waals surface area contributed by atoms with Gasteiger partial charge in [-0.05, 0) is 59.6 Å². The minimum absolute atomic E-state index is 0.0839. The second kappa shape index (κ2) is 7.55. The molecule has 108 valence electrons. The molecule has 1 nitrogen and oxygen atoms in total. The van der Waals surface area contributed by atoms with Crippen molar-refractivity contribution in [2.24, 2.45) is 0 Å². The predicted octanol–water partition coefficient (Wildman–Crippen LogP) is 5.59. The zero-order valence-electron chi connectivity index (χ0n) is 11.1. The lowest BCUT2D eigenvalue weighted by Crippen LogP contribution is -2.23. The summed E-state index contributed by atoms with van der Waals surface area (Å²) in [7, 11) is 0. The van der Waals surface area contributed by atoms with E-state index < -0.39 is 0 Å². The number of benzene rings is 1. The molecule has 1 aromatic heterocycles. The lowest BCUT2D eigenvalue weighted by atomic mass is 10.0. The second-order valence-corrected chi connectivity index (χ2v) is 7.45. The fraction of sp³-hybridized carbons (Fsp3) is 0.333. The Labute approximate surface area is 136 Å². The molecule has 2 aromatic rings. The SMILES string of the molecule is CCCNC(Cc1c(F)cccc1Cl)c1ccc(Br)s1. The average Bonchev–Trinajstić information content (AvgIpc) is 2.84. The van der Waals surface area contributed by atoms with E-state index in [4.69, 9.17) is 11.6 Å². The molecule has 1 heterocycles. The zero-order chi connectivity index (χ0) is 14.5. The van der Waals surface area contributed by atoms with Gasteiger partial charge in [-0.1, -0.05) is 24.6 Å². The van der Waals surface area contributed by atoms with Crippen molar-refractivity contribution in [1.29, 1.82) is 0 Å². The van der Waals surface area contributed by atoms with Crippen LogP contribution < -0.4 is 5.32 Å². The van der Waals surface area contributed by atoms with Gasteiger partial charge in [-0.3, -0.25) is 0 Å². The fourth-order valence-electron chi connectivity index (χ4n) is 2.04. The monoisotopic (exact) mass is 375 g/mol. The Balaban J connectivity index is 2.23. The first kappa shape index (κ1) is 16.0. The molecule has 0 aliphatic heterocycles. The van der Waals surface area contributed by atoms with E-state index in [2.05, 4.69) is 34.2 Å². The Hall–Kier alpha value is -0.420. The quantitative estimate of drug-likeness (QED) is 0.693. The van der Waals surface area contributed by atoms with E-state index >= 15 is 0 Å². The topological polar surface area (TPSA) is 12.0 Å². The molecular weight excluding hydrogens is 361 g/mol. The number of nitrogens with one attached hydrogen (secondary N) is 1. The lowest BCUT2D eigenvalue weighted by molar-refractivity contribution is 0.519. The molecule has 20 heavy (non-hydrogen) atoms. The molecule has 0 saturated carbocycles. The maximum Gasteiger partial charge on any atom is 0.127 e. The van der Waals surface area contributed by atoms with E-state index in [-0.39, 0.29) is 11.9 Å². The summed E-state index contributed by atoms with van der Waals surface area (Å²) in [6.45, 7) is 3.01. The van der Waals surface area contributed by atoms with Crippen molar-refractivity contribution >= 4 is 38.9 Å². The summed E-state index contributed by atoms with van der Waals surface area (Å²) in [6, 6.07) is 9.00. The number of halogens is 3. The van der Waals surface area contributed by atoms with E-state index in [0.29, 0.717) is 17.0 Å². The number of hydrogen-bond donors (Lipinski definition) is 1. The predicted molar refractivity (Wildman–Crippen MR) is 88.2 cm³/mol. The van der Waals surface area contributed by atoms with Gasteiger partial charge in [-0.2, -0.15) is 0 Å². The number of rotatable bonds is 6. The van der Waals surface area contributed by atoms with Gasteiger partial charge in [0.2, 0.25) is 0 Å². The molecule has 0 fully saturated rings. The van der Waals surface area contributed by atoms with Crippen LogP contribution in [0.5, 0.6) is 0 Å². The van der Waals surface area contributed by atoms with Gasteiger partial charge in [0.1, 0.15) is 5.82 Å². The van der Waals surface area contributed by atoms with E-state index in [1.54, 1.807) is 23.5 Å². The molecule has 1 aromatic carbocycles. The van der Waals surface area contributed by atoms with E-state index in [1.807, 2.05) is 6.07 Å². The summed E-state index contributed by atoms with van der Waals surface area (Å²) in [5.74, 6) is -0.239. The minimum atomic E-state index is -0.239. The third-order valence-corrected chi connectivity index (χ3v) is 5.14. The first-order valence-corrected chi connectivity index (χ1v) is 8.52. The molecule has 0 amide bonds. The first-order chi connectivity index (χ1) is 9.61. The summed E-state index contributed by atoms with van der Waals surface area (Å²) in [4.78, 5) is 1.18. The summed E-state index contributed by atoms with van der Waals surface area (Å²) >= 11 is 11.3. The smallest absolute Gasteiger partial charge is 0.127 e. The van der Waals surface area contributed by atoms with Crippen LogP contribution in [0, 0.1) is 5.82 Å². The molecule has 0 aliphatic carbocycles. The van der Waals surface area contributed by atoms with Crippen molar-refractivity contribution in [3.63, 3.8) is 0 Å². The molecule has 0 saturated heterocycles. The second-order valence-electron chi connectivity index (χ2n) is 4.55. The Bertz CT molecular complexity index is 553. The maximum absolute atomic E-state index is 13.9. The van der Waals surface area contributed by atoms with Gasteiger partial charge >= 0.3 is 0 Å². The average molecular weight is 377 g/mol. The zero-order valence-corrected chi connectivity index (χ0v) is 14.3. The third-order valence-electron chi connectivity index (χ3n) is 3.05. The Kier molecular flexibility index (Phi) is 6.02. The Morgan fingerprint density at radius 3 is 2.75 bits per heavy atom.